The van der Waals surface area contributed by atoms with E-state index >= 15 is 0 Å². The molecule has 0 aliphatic heterocycles. The molecule has 148 valence electrons. The second-order valence-corrected chi connectivity index (χ2v) is 5.54. The highest BCUT2D eigenvalue weighted by molar-refractivity contribution is 14.0. The number of guanidine groups is 1. The Kier molecular flexibility index (Phi) is 9.50. The monoisotopic (exact) mass is 497 g/mol. The van der Waals surface area contributed by atoms with Gasteiger partial charge in [-0.2, -0.15) is 0 Å². The van der Waals surface area contributed by atoms with Crippen LogP contribution in [0.1, 0.15) is 17.0 Å². The van der Waals surface area contributed by atoms with Crippen LogP contribution in [0.15, 0.2) is 41.4 Å². The van der Waals surface area contributed by atoms with Gasteiger partial charge in [-0.3, -0.25) is 4.99 Å². The van der Waals surface area contributed by atoms with Gasteiger partial charge in [0.2, 0.25) is 0 Å². The summed E-state index contributed by atoms with van der Waals surface area (Å²) < 4.78 is 53.8. The Hall–Kier alpha value is -1.88. The third-order valence-corrected chi connectivity index (χ3v) is 3.87. The van der Waals surface area contributed by atoms with Crippen LogP contribution in [0.3, 0.4) is 0 Å². The zero-order valence-electron chi connectivity index (χ0n) is 14.5. The predicted molar refractivity (Wildman–Crippen MR) is 106 cm³/mol. The number of hydrogen-bond donors (Lipinski definition) is 3. The fourth-order valence-electron chi connectivity index (χ4n) is 2.40. The van der Waals surface area contributed by atoms with E-state index in [0.717, 1.165) is 5.56 Å². The van der Waals surface area contributed by atoms with Crippen LogP contribution in [0, 0.1) is 23.3 Å². The lowest BCUT2D eigenvalue weighted by Crippen LogP contribution is -2.39. The molecule has 4 nitrogen and oxygen atoms in total. The van der Waals surface area contributed by atoms with Crippen molar-refractivity contribution in [1.29, 1.82) is 0 Å². The first-order valence-electron chi connectivity index (χ1n) is 7.90. The summed E-state index contributed by atoms with van der Waals surface area (Å²) in [5.74, 6) is -5.90. The standard InChI is InChI=1S/C18H19F4N3O.HI/c1-23-18(24-8-12(10-26)11-5-3-2-4-6-11)25-9-13-16(21)14(19)7-15(20)17(13)22;/h2-7,12,26H,8-10H2,1H3,(H2,23,24,25);1H. The summed E-state index contributed by atoms with van der Waals surface area (Å²) in [6.07, 6.45) is 0. The molecule has 3 N–H and O–H groups in total. The van der Waals surface area contributed by atoms with E-state index in [1.165, 1.54) is 7.05 Å². The SMILES string of the molecule is CN=C(NCc1c(F)c(F)cc(F)c1F)NCC(CO)c1ccccc1.I. The van der Waals surface area contributed by atoms with E-state index in [0.29, 0.717) is 6.54 Å². The summed E-state index contributed by atoms with van der Waals surface area (Å²) in [5, 5.41) is 15.0. The van der Waals surface area contributed by atoms with E-state index < -0.39 is 35.4 Å². The summed E-state index contributed by atoms with van der Waals surface area (Å²) in [4.78, 5) is 3.89. The number of aliphatic imine (C=N–C) groups is 1. The molecule has 0 spiro atoms. The minimum absolute atomic E-state index is 0. The number of halogens is 5. The van der Waals surface area contributed by atoms with Crippen molar-refractivity contribution < 1.29 is 22.7 Å². The lowest BCUT2D eigenvalue weighted by atomic mass is 10.0. The minimum atomic E-state index is -1.46. The number of rotatable bonds is 6. The molecule has 2 rings (SSSR count). The highest BCUT2D eigenvalue weighted by Crippen LogP contribution is 2.19. The van der Waals surface area contributed by atoms with E-state index in [9.17, 15) is 22.7 Å². The molecule has 0 aromatic heterocycles. The summed E-state index contributed by atoms with van der Waals surface area (Å²) in [5.41, 5.74) is 0.148. The van der Waals surface area contributed by atoms with Crippen molar-refractivity contribution >= 4 is 29.9 Å². The Labute approximate surface area is 171 Å². The maximum Gasteiger partial charge on any atom is 0.191 e. The molecule has 9 heteroatoms. The van der Waals surface area contributed by atoms with Gasteiger partial charge in [0.1, 0.15) is 0 Å². The maximum absolute atomic E-state index is 13.7. The van der Waals surface area contributed by atoms with Gasteiger partial charge in [-0.25, -0.2) is 17.6 Å². The van der Waals surface area contributed by atoms with Crippen molar-refractivity contribution in [2.45, 2.75) is 12.5 Å². The molecule has 27 heavy (non-hydrogen) atoms. The van der Waals surface area contributed by atoms with Gasteiger partial charge in [-0.15, -0.1) is 24.0 Å². The molecule has 0 bridgehead atoms. The summed E-state index contributed by atoms with van der Waals surface area (Å²) in [6, 6.07) is 9.42. The van der Waals surface area contributed by atoms with E-state index in [2.05, 4.69) is 15.6 Å². The number of aliphatic hydroxyl groups excluding tert-OH is 1. The molecule has 0 saturated heterocycles. The van der Waals surface area contributed by atoms with E-state index in [-0.39, 0.29) is 48.5 Å². The van der Waals surface area contributed by atoms with E-state index in [1.807, 2.05) is 30.3 Å². The highest BCUT2D eigenvalue weighted by atomic mass is 127. The summed E-state index contributed by atoms with van der Waals surface area (Å²) in [7, 11) is 1.44. The first kappa shape index (κ1) is 23.2. The van der Waals surface area contributed by atoms with Crippen molar-refractivity contribution in [3.05, 3.63) is 70.8 Å². The first-order valence-corrected chi connectivity index (χ1v) is 7.90. The second kappa shape index (κ2) is 11.1. The van der Waals surface area contributed by atoms with Gasteiger partial charge in [0.15, 0.2) is 29.2 Å². The topological polar surface area (TPSA) is 56.7 Å². The van der Waals surface area contributed by atoms with Gasteiger partial charge in [0.05, 0.1) is 6.61 Å². The Morgan fingerprint density at radius 3 is 2.15 bits per heavy atom. The van der Waals surface area contributed by atoms with Crippen molar-refractivity contribution in [2.75, 3.05) is 20.2 Å². The predicted octanol–water partition coefficient (Wildman–Crippen LogP) is 3.30. The molecule has 2 aromatic carbocycles. The number of aliphatic hydroxyl groups is 1. The van der Waals surface area contributed by atoms with Crippen molar-refractivity contribution in [3.63, 3.8) is 0 Å². The van der Waals surface area contributed by atoms with Gasteiger partial charge >= 0.3 is 0 Å². The molecule has 1 atom stereocenters. The molecule has 2 aromatic rings. The largest absolute Gasteiger partial charge is 0.396 e. The molecule has 0 aliphatic rings. The van der Waals surface area contributed by atoms with Gasteiger partial charge in [-0.1, -0.05) is 30.3 Å². The third kappa shape index (κ3) is 6.06. The Balaban J connectivity index is 0.00000364. The van der Waals surface area contributed by atoms with Crippen molar-refractivity contribution in [1.82, 2.24) is 10.6 Å². The minimum Gasteiger partial charge on any atom is -0.396 e. The number of hydrogen-bond acceptors (Lipinski definition) is 2. The Morgan fingerprint density at radius 2 is 1.63 bits per heavy atom. The van der Waals surface area contributed by atoms with Crippen LogP contribution in [-0.4, -0.2) is 31.3 Å². The molecule has 0 amide bonds. The summed E-state index contributed by atoms with van der Waals surface area (Å²) in [6.45, 7) is -0.323. The fraction of sp³-hybridized carbons (Fsp3) is 0.278. The average Bonchev–Trinajstić information content (AvgIpc) is 2.66. The Morgan fingerprint density at radius 1 is 1.04 bits per heavy atom. The molecule has 1 unspecified atom stereocenters. The smallest absolute Gasteiger partial charge is 0.191 e. The molecule has 0 saturated carbocycles. The average molecular weight is 497 g/mol. The normalized spacial score (nSPS) is 12.3. The lowest BCUT2D eigenvalue weighted by Gasteiger charge is -2.18. The summed E-state index contributed by atoms with van der Waals surface area (Å²) >= 11 is 0. The molecule has 0 aliphatic carbocycles. The van der Waals surface area contributed by atoms with Crippen molar-refractivity contribution in [3.8, 4) is 0 Å². The first-order chi connectivity index (χ1) is 12.5. The van der Waals surface area contributed by atoms with E-state index in [4.69, 9.17) is 0 Å². The zero-order chi connectivity index (χ0) is 19.1. The quantitative estimate of drug-likeness (QED) is 0.189. The molecule has 0 radical (unpaired) electrons. The maximum atomic E-state index is 13.7. The molecular weight excluding hydrogens is 477 g/mol. The van der Waals surface area contributed by atoms with Crippen LogP contribution in [0.4, 0.5) is 17.6 Å². The molecular formula is C18H20F4IN3O. The number of nitrogens with one attached hydrogen (secondary N) is 2. The van der Waals surface area contributed by atoms with E-state index in [1.54, 1.807) is 0 Å². The highest BCUT2D eigenvalue weighted by Gasteiger charge is 2.19. The molecule has 0 heterocycles. The van der Waals surface area contributed by atoms with Gasteiger partial charge in [0, 0.05) is 37.7 Å². The second-order valence-electron chi connectivity index (χ2n) is 5.54. The van der Waals surface area contributed by atoms with Crippen LogP contribution in [-0.2, 0) is 6.54 Å². The van der Waals surface area contributed by atoms with Crippen LogP contribution in [0.25, 0.3) is 0 Å². The van der Waals surface area contributed by atoms with Crippen LogP contribution in [0.2, 0.25) is 0 Å². The third-order valence-electron chi connectivity index (χ3n) is 3.87. The zero-order valence-corrected chi connectivity index (χ0v) is 16.8. The lowest BCUT2D eigenvalue weighted by molar-refractivity contribution is 0.265. The van der Waals surface area contributed by atoms with Gasteiger partial charge in [-0.05, 0) is 5.56 Å². The van der Waals surface area contributed by atoms with Gasteiger partial charge < -0.3 is 15.7 Å². The van der Waals surface area contributed by atoms with Crippen LogP contribution in [0.5, 0.6) is 0 Å². The van der Waals surface area contributed by atoms with Gasteiger partial charge in [0.25, 0.3) is 0 Å². The number of nitrogens with zero attached hydrogens (tertiary/aromatic N) is 1. The fourth-order valence-corrected chi connectivity index (χ4v) is 2.40. The molecule has 0 fully saturated rings. The Bertz CT molecular complexity index is 749. The van der Waals surface area contributed by atoms with Crippen LogP contribution < -0.4 is 10.6 Å². The van der Waals surface area contributed by atoms with Crippen LogP contribution >= 0.6 is 24.0 Å². The number of benzene rings is 2. The van der Waals surface area contributed by atoms with Crippen molar-refractivity contribution in [2.24, 2.45) is 4.99 Å².